The summed E-state index contributed by atoms with van der Waals surface area (Å²) in [5, 5.41) is 13.5. The van der Waals surface area contributed by atoms with Crippen molar-refractivity contribution in [3.05, 3.63) is 21.1 Å². The summed E-state index contributed by atoms with van der Waals surface area (Å²) >= 11 is 5.77. The van der Waals surface area contributed by atoms with Gasteiger partial charge < -0.3 is 5.32 Å². The summed E-state index contributed by atoms with van der Waals surface area (Å²) in [4.78, 5) is 18.2. The lowest BCUT2D eigenvalue weighted by Gasteiger charge is -2.06. The van der Waals surface area contributed by atoms with Gasteiger partial charge in [-0.15, -0.1) is 0 Å². The molecule has 1 heterocycles. The molecule has 0 amide bonds. The molecule has 0 unspecified atom stereocenters. The van der Waals surface area contributed by atoms with Gasteiger partial charge in [0.25, 0.3) is 0 Å². The lowest BCUT2D eigenvalue weighted by atomic mass is 10.3. The molecule has 88 valence electrons. The van der Waals surface area contributed by atoms with Crippen molar-refractivity contribution in [1.29, 1.82) is 0 Å². The maximum absolute atomic E-state index is 10.8. The van der Waals surface area contributed by atoms with Crippen molar-refractivity contribution in [3.8, 4) is 0 Å². The van der Waals surface area contributed by atoms with E-state index in [-0.39, 0.29) is 16.7 Å². The van der Waals surface area contributed by atoms with Crippen LogP contribution < -0.4 is 5.32 Å². The van der Waals surface area contributed by atoms with Gasteiger partial charge in [0.15, 0.2) is 0 Å². The monoisotopic (exact) mass is 244 g/mol. The Morgan fingerprint density at radius 2 is 2.12 bits per heavy atom. The van der Waals surface area contributed by atoms with Crippen LogP contribution in [0.4, 0.5) is 11.5 Å². The molecule has 1 N–H and O–H groups in total. The number of nitrogens with zero attached hydrogens (tertiary/aromatic N) is 3. The van der Waals surface area contributed by atoms with E-state index in [1.165, 1.54) is 0 Å². The van der Waals surface area contributed by atoms with Crippen LogP contribution in [-0.4, -0.2) is 21.4 Å². The molecular formula is C9H13ClN4O2. The van der Waals surface area contributed by atoms with E-state index >= 15 is 0 Å². The molecule has 0 radical (unpaired) electrons. The van der Waals surface area contributed by atoms with Gasteiger partial charge >= 0.3 is 5.69 Å². The predicted octanol–water partition coefficient (Wildman–Crippen LogP) is 2.42. The number of nitro groups is 1. The molecular weight excluding hydrogens is 232 g/mol. The van der Waals surface area contributed by atoms with Crippen LogP contribution in [0.25, 0.3) is 0 Å². The highest BCUT2D eigenvalue weighted by molar-refractivity contribution is 6.31. The van der Waals surface area contributed by atoms with Gasteiger partial charge in [-0.25, -0.2) is 9.97 Å². The van der Waals surface area contributed by atoms with Crippen molar-refractivity contribution in [3.63, 3.8) is 0 Å². The zero-order valence-electron chi connectivity index (χ0n) is 9.16. The van der Waals surface area contributed by atoms with Crippen LogP contribution in [0.3, 0.4) is 0 Å². The molecule has 0 aliphatic heterocycles. The highest BCUT2D eigenvalue weighted by Crippen LogP contribution is 2.29. The van der Waals surface area contributed by atoms with Gasteiger partial charge in [-0.1, -0.05) is 18.5 Å². The minimum atomic E-state index is -0.573. The first-order chi connectivity index (χ1) is 7.60. The topological polar surface area (TPSA) is 81.0 Å². The predicted molar refractivity (Wildman–Crippen MR) is 61.9 cm³/mol. The molecule has 7 heteroatoms. The molecule has 1 rings (SSSR count). The summed E-state index contributed by atoms with van der Waals surface area (Å²) < 4.78 is 0. The van der Waals surface area contributed by atoms with Crippen molar-refractivity contribution in [2.45, 2.75) is 26.7 Å². The van der Waals surface area contributed by atoms with Gasteiger partial charge in [-0.2, -0.15) is 0 Å². The molecule has 0 bridgehead atoms. The number of anilines is 1. The van der Waals surface area contributed by atoms with E-state index in [9.17, 15) is 10.1 Å². The van der Waals surface area contributed by atoms with Crippen LogP contribution in [0, 0.1) is 10.1 Å². The van der Waals surface area contributed by atoms with Crippen molar-refractivity contribution in [2.75, 3.05) is 11.9 Å². The number of nitrogens with one attached hydrogen (secondary N) is 1. The Bertz CT molecular complexity index is 397. The van der Waals surface area contributed by atoms with Crippen LogP contribution in [0.5, 0.6) is 0 Å². The zero-order valence-corrected chi connectivity index (χ0v) is 9.91. The van der Waals surface area contributed by atoms with Crippen LogP contribution in [-0.2, 0) is 6.42 Å². The molecule has 0 saturated carbocycles. The minimum absolute atomic E-state index is 0.112. The van der Waals surface area contributed by atoms with Crippen molar-refractivity contribution in [2.24, 2.45) is 0 Å². The molecule has 6 nitrogen and oxygen atoms in total. The number of aromatic nitrogens is 2. The molecule has 1 aromatic rings. The summed E-state index contributed by atoms with van der Waals surface area (Å²) in [5.41, 5.74) is -0.261. The quantitative estimate of drug-likeness (QED) is 0.489. The second kappa shape index (κ2) is 5.60. The second-order valence-corrected chi connectivity index (χ2v) is 3.52. The van der Waals surface area contributed by atoms with E-state index in [1.807, 2.05) is 13.8 Å². The zero-order chi connectivity index (χ0) is 12.1. The maximum atomic E-state index is 10.8. The molecule has 0 aromatic carbocycles. The normalized spacial score (nSPS) is 10.2. The van der Waals surface area contributed by atoms with Crippen LogP contribution >= 0.6 is 11.6 Å². The number of aryl methyl sites for hydroxylation is 1. The Hall–Kier alpha value is -1.43. The molecule has 0 atom stereocenters. The van der Waals surface area contributed by atoms with E-state index in [0.29, 0.717) is 18.8 Å². The SMILES string of the molecule is CCCc1nc(Cl)c([N+](=O)[O-])c(NCC)n1. The lowest BCUT2D eigenvalue weighted by Crippen LogP contribution is -2.08. The fourth-order valence-corrected chi connectivity index (χ4v) is 1.51. The standard InChI is InChI=1S/C9H13ClN4O2/c1-3-5-6-12-8(10)7(14(15)16)9(13-6)11-4-2/h3-5H2,1-2H3,(H,11,12,13). The van der Waals surface area contributed by atoms with E-state index in [4.69, 9.17) is 11.6 Å². The fourth-order valence-electron chi connectivity index (χ4n) is 1.26. The Kier molecular flexibility index (Phi) is 4.42. The first-order valence-electron chi connectivity index (χ1n) is 5.04. The van der Waals surface area contributed by atoms with E-state index < -0.39 is 4.92 Å². The Morgan fingerprint density at radius 1 is 1.44 bits per heavy atom. The summed E-state index contributed by atoms with van der Waals surface area (Å²) in [6.07, 6.45) is 1.51. The summed E-state index contributed by atoms with van der Waals surface area (Å²) in [7, 11) is 0. The van der Waals surface area contributed by atoms with E-state index in [1.54, 1.807) is 0 Å². The maximum Gasteiger partial charge on any atom is 0.348 e. The van der Waals surface area contributed by atoms with Gasteiger partial charge in [0.2, 0.25) is 11.0 Å². The summed E-state index contributed by atoms with van der Waals surface area (Å²) in [6.45, 7) is 4.35. The largest absolute Gasteiger partial charge is 0.364 e. The molecule has 0 aliphatic carbocycles. The summed E-state index contributed by atoms with van der Waals surface area (Å²) in [5.74, 6) is 0.713. The number of halogens is 1. The first kappa shape index (κ1) is 12.6. The second-order valence-electron chi connectivity index (χ2n) is 3.17. The third kappa shape index (κ3) is 2.79. The first-order valence-corrected chi connectivity index (χ1v) is 5.42. The van der Waals surface area contributed by atoms with Gasteiger partial charge in [0.05, 0.1) is 4.92 Å². The highest BCUT2D eigenvalue weighted by Gasteiger charge is 2.22. The number of hydrogen-bond acceptors (Lipinski definition) is 5. The Labute approximate surface area is 98.2 Å². The fraction of sp³-hybridized carbons (Fsp3) is 0.556. The Balaban J connectivity index is 3.21. The third-order valence-corrected chi connectivity index (χ3v) is 2.15. The molecule has 0 saturated heterocycles. The molecule has 1 aromatic heterocycles. The van der Waals surface area contributed by atoms with Crippen LogP contribution in [0.1, 0.15) is 26.1 Å². The highest BCUT2D eigenvalue weighted by atomic mass is 35.5. The number of rotatable bonds is 5. The molecule has 0 fully saturated rings. The van der Waals surface area contributed by atoms with Crippen molar-refractivity contribution < 1.29 is 4.92 Å². The van der Waals surface area contributed by atoms with Gasteiger partial charge in [0.1, 0.15) is 5.82 Å². The van der Waals surface area contributed by atoms with Gasteiger partial charge in [0, 0.05) is 13.0 Å². The third-order valence-electron chi connectivity index (χ3n) is 1.89. The molecule has 0 spiro atoms. The summed E-state index contributed by atoms with van der Waals surface area (Å²) in [6, 6.07) is 0. The van der Waals surface area contributed by atoms with Crippen LogP contribution in [0.15, 0.2) is 0 Å². The molecule has 0 aliphatic rings. The lowest BCUT2D eigenvalue weighted by molar-refractivity contribution is -0.384. The number of hydrogen-bond donors (Lipinski definition) is 1. The molecule has 16 heavy (non-hydrogen) atoms. The average Bonchev–Trinajstić information content (AvgIpc) is 2.17. The van der Waals surface area contributed by atoms with E-state index in [0.717, 1.165) is 6.42 Å². The van der Waals surface area contributed by atoms with Gasteiger partial charge in [-0.05, 0) is 13.3 Å². The Morgan fingerprint density at radius 3 is 2.62 bits per heavy atom. The van der Waals surface area contributed by atoms with Crippen molar-refractivity contribution >= 4 is 23.1 Å². The van der Waals surface area contributed by atoms with Crippen LogP contribution in [0.2, 0.25) is 5.15 Å². The van der Waals surface area contributed by atoms with Crippen molar-refractivity contribution in [1.82, 2.24) is 9.97 Å². The minimum Gasteiger partial charge on any atom is -0.364 e. The smallest absolute Gasteiger partial charge is 0.348 e. The van der Waals surface area contributed by atoms with Gasteiger partial charge in [-0.3, -0.25) is 10.1 Å². The average molecular weight is 245 g/mol. The van der Waals surface area contributed by atoms with E-state index in [2.05, 4.69) is 15.3 Å².